The van der Waals surface area contributed by atoms with E-state index in [1.807, 2.05) is 29.2 Å². The molecule has 1 aromatic rings. The average Bonchev–Trinajstić information content (AvgIpc) is 2.82. The minimum absolute atomic E-state index is 0.0436. The molecule has 33 heavy (non-hydrogen) atoms. The molecule has 1 saturated carbocycles. The number of carbonyl (C=O) groups is 3. The van der Waals surface area contributed by atoms with Gasteiger partial charge >= 0.3 is 12.0 Å². The van der Waals surface area contributed by atoms with Crippen LogP contribution in [0.15, 0.2) is 24.3 Å². The molecular formula is C23H34N6O4. The molecular weight excluding hydrogens is 424 g/mol. The second-order valence-electron chi connectivity index (χ2n) is 8.83. The van der Waals surface area contributed by atoms with Crippen molar-refractivity contribution in [2.75, 3.05) is 51.8 Å². The topological polar surface area (TPSA) is 132 Å². The Morgan fingerprint density at radius 2 is 1.67 bits per heavy atom. The van der Waals surface area contributed by atoms with Gasteiger partial charge in [0.15, 0.2) is 6.61 Å². The Morgan fingerprint density at radius 1 is 1.06 bits per heavy atom. The van der Waals surface area contributed by atoms with Crippen LogP contribution in [0.25, 0.3) is 0 Å². The van der Waals surface area contributed by atoms with Crippen molar-refractivity contribution in [1.82, 2.24) is 15.1 Å². The molecule has 1 saturated heterocycles. The summed E-state index contributed by atoms with van der Waals surface area (Å²) in [5.41, 5.74) is 7.26. The molecule has 3 amide bonds. The molecule has 0 aromatic heterocycles. The third-order valence-electron chi connectivity index (χ3n) is 6.34. The van der Waals surface area contributed by atoms with E-state index in [0.29, 0.717) is 31.5 Å². The lowest BCUT2D eigenvalue weighted by Crippen LogP contribution is -2.54. The number of hydrogen-bond acceptors (Lipinski definition) is 6. The van der Waals surface area contributed by atoms with Gasteiger partial charge in [0.1, 0.15) is 5.84 Å². The van der Waals surface area contributed by atoms with Crippen molar-refractivity contribution in [3.63, 3.8) is 0 Å². The summed E-state index contributed by atoms with van der Waals surface area (Å²) in [5, 5.41) is 10.6. The first-order valence-electron chi connectivity index (χ1n) is 11.4. The number of piperazine rings is 1. The molecule has 4 N–H and O–H groups in total. The van der Waals surface area contributed by atoms with Crippen LogP contribution in [0.1, 0.15) is 31.2 Å². The van der Waals surface area contributed by atoms with E-state index in [9.17, 15) is 14.4 Å². The first-order chi connectivity index (χ1) is 15.7. The average molecular weight is 459 g/mol. The van der Waals surface area contributed by atoms with Crippen LogP contribution in [0.4, 0.5) is 10.5 Å². The van der Waals surface area contributed by atoms with Gasteiger partial charge in [-0.3, -0.25) is 15.0 Å². The molecule has 2 aliphatic rings. The summed E-state index contributed by atoms with van der Waals surface area (Å²) >= 11 is 0. The van der Waals surface area contributed by atoms with Crippen LogP contribution in [-0.2, 0) is 14.3 Å². The van der Waals surface area contributed by atoms with Crippen LogP contribution < -0.4 is 16.0 Å². The molecule has 1 aliphatic heterocycles. The summed E-state index contributed by atoms with van der Waals surface area (Å²) in [7, 11) is 3.24. The quantitative estimate of drug-likeness (QED) is 0.331. The van der Waals surface area contributed by atoms with Gasteiger partial charge in [-0.2, -0.15) is 0 Å². The fourth-order valence-electron chi connectivity index (χ4n) is 4.14. The number of carbonyl (C=O) groups excluding carboxylic acids is 3. The Labute approximate surface area is 194 Å². The van der Waals surface area contributed by atoms with Crippen molar-refractivity contribution in [3.8, 4) is 0 Å². The number of likely N-dealkylation sites (N-methyl/N-ethyl adjacent to an activating group) is 1. The zero-order chi connectivity index (χ0) is 24.0. The number of nitrogen functional groups attached to an aromatic ring is 1. The summed E-state index contributed by atoms with van der Waals surface area (Å²) in [4.78, 5) is 41.9. The van der Waals surface area contributed by atoms with Gasteiger partial charge in [-0.05, 0) is 49.9 Å². The highest BCUT2D eigenvalue weighted by Gasteiger charge is 2.30. The van der Waals surface area contributed by atoms with Gasteiger partial charge in [0.25, 0.3) is 5.91 Å². The predicted octanol–water partition coefficient (Wildman–Crippen LogP) is 0.992. The summed E-state index contributed by atoms with van der Waals surface area (Å²) in [6.07, 6.45) is 2.72. The Morgan fingerprint density at radius 3 is 2.21 bits per heavy atom. The molecule has 1 heterocycles. The summed E-state index contributed by atoms with van der Waals surface area (Å²) in [5.74, 6) is -0.737. The largest absolute Gasteiger partial charge is 0.455 e. The monoisotopic (exact) mass is 458 g/mol. The lowest BCUT2D eigenvalue weighted by molar-refractivity contribution is -0.155. The number of benzene rings is 1. The smallest absolute Gasteiger partial charge is 0.317 e. The molecule has 2 fully saturated rings. The predicted molar refractivity (Wildman–Crippen MR) is 125 cm³/mol. The standard InChI is InChI=1S/C23H34N6O4/c1-27(2)20(30)15-33-22(31)17-3-7-18(8-4-17)26-23(32)29-13-11-28(12-14-29)19-9-5-16(6-10-19)21(24)25/h5-6,9-10,17-18H,3-4,7-8,11-15H2,1-2H3,(H3,24,25)(H,26,32). The molecule has 0 bridgehead atoms. The van der Waals surface area contributed by atoms with Gasteiger partial charge in [-0.1, -0.05) is 0 Å². The number of rotatable bonds is 6. The van der Waals surface area contributed by atoms with Gasteiger partial charge in [0, 0.05) is 57.6 Å². The van der Waals surface area contributed by atoms with Crippen molar-refractivity contribution in [3.05, 3.63) is 29.8 Å². The van der Waals surface area contributed by atoms with Crippen LogP contribution in [0, 0.1) is 11.3 Å². The van der Waals surface area contributed by atoms with Gasteiger partial charge in [-0.25, -0.2) is 4.79 Å². The van der Waals surface area contributed by atoms with Crippen LogP contribution in [0.3, 0.4) is 0 Å². The molecule has 1 aliphatic carbocycles. The second-order valence-corrected chi connectivity index (χ2v) is 8.83. The van der Waals surface area contributed by atoms with Crippen molar-refractivity contribution >= 4 is 29.4 Å². The van der Waals surface area contributed by atoms with Crippen molar-refractivity contribution in [2.24, 2.45) is 11.7 Å². The van der Waals surface area contributed by atoms with E-state index in [1.54, 1.807) is 14.1 Å². The number of amides is 3. The van der Waals surface area contributed by atoms with E-state index in [-0.39, 0.29) is 42.3 Å². The van der Waals surface area contributed by atoms with Gasteiger partial charge < -0.3 is 30.5 Å². The molecule has 10 nitrogen and oxygen atoms in total. The van der Waals surface area contributed by atoms with Crippen LogP contribution >= 0.6 is 0 Å². The highest BCUT2D eigenvalue weighted by molar-refractivity contribution is 5.95. The number of hydrogen-bond donors (Lipinski definition) is 3. The molecule has 180 valence electrons. The Balaban J connectivity index is 1.38. The number of esters is 1. The van der Waals surface area contributed by atoms with Gasteiger partial charge in [-0.15, -0.1) is 0 Å². The van der Waals surface area contributed by atoms with Crippen LogP contribution in [0.5, 0.6) is 0 Å². The lowest BCUT2D eigenvalue weighted by atomic mass is 9.86. The molecule has 10 heteroatoms. The maximum absolute atomic E-state index is 12.7. The number of ether oxygens (including phenoxy) is 1. The zero-order valence-corrected chi connectivity index (χ0v) is 19.4. The Kier molecular flexibility index (Phi) is 8.13. The Bertz CT molecular complexity index is 856. The van der Waals surface area contributed by atoms with E-state index in [4.69, 9.17) is 15.9 Å². The van der Waals surface area contributed by atoms with E-state index < -0.39 is 0 Å². The summed E-state index contributed by atoms with van der Waals surface area (Å²) < 4.78 is 5.13. The van der Waals surface area contributed by atoms with Crippen LogP contribution in [-0.4, -0.2) is 86.5 Å². The number of nitrogens with zero attached hydrogens (tertiary/aromatic N) is 3. The van der Waals surface area contributed by atoms with Crippen molar-refractivity contribution in [2.45, 2.75) is 31.7 Å². The molecule has 0 atom stereocenters. The lowest BCUT2D eigenvalue weighted by Gasteiger charge is -2.37. The molecule has 3 rings (SSSR count). The second kappa shape index (κ2) is 11.0. The zero-order valence-electron chi connectivity index (χ0n) is 19.4. The number of nitrogens with one attached hydrogen (secondary N) is 2. The Hall–Kier alpha value is -3.30. The fraction of sp³-hybridized carbons (Fsp3) is 0.565. The van der Waals surface area contributed by atoms with Gasteiger partial charge in [0.05, 0.1) is 5.92 Å². The fourth-order valence-corrected chi connectivity index (χ4v) is 4.14. The number of amidine groups is 1. The van der Waals surface area contributed by atoms with E-state index in [1.165, 1.54) is 4.90 Å². The minimum atomic E-state index is -0.331. The van der Waals surface area contributed by atoms with Crippen molar-refractivity contribution in [1.29, 1.82) is 5.41 Å². The maximum atomic E-state index is 12.7. The highest BCUT2D eigenvalue weighted by Crippen LogP contribution is 2.26. The van der Waals surface area contributed by atoms with E-state index in [2.05, 4.69) is 10.2 Å². The first-order valence-corrected chi connectivity index (χ1v) is 11.4. The SMILES string of the molecule is CN(C)C(=O)COC(=O)C1CCC(NC(=O)N2CCN(c3ccc(C(=N)N)cc3)CC2)CC1. The molecule has 0 radical (unpaired) electrons. The molecule has 1 aromatic carbocycles. The minimum Gasteiger partial charge on any atom is -0.455 e. The third kappa shape index (κ3) is 6.59. The summed E-state index contributed by atoms with van der Waals surface area (Å²) in [6, 6.07) is 7.55. The number of urea groups is 1. The normalized spacial score (nSPS) is 20.7. The maximum Gasteiger partial charge on any atom is 0.317 e. The van der Waals surface area contributed by atoms with Crippen molar-refractivity contribution < 1.29 is 19.1 Å². The first kappa shape index (κ1) is 24.3. The highest BCUT2D eigenvalue weighted by atomic mass is 16.5. The van der Waals surface area contributed by atoms with Gasteiger partial charge in [0.2, 0.25) is 0 Å². The number of nitrogens with two attached hydrogens (primary N) is 1. The van der Waals surface area contributed by atoms with E-state index >= 15 is 0 Å². The van der Waals surface area contributed by atoms with E-state index in [0.717, 1.165) is 31.6 Å². The third-order valence-corrected chi connectivity index (χ3v) is 6.34. The molecule has 0 unspecified atom stereocenters. The summed E-state index contributed by atoms with van der Waals surface area (Å²) in [6.45, 7) is 2.49. The van der Waals surface area contributed by atoms with Crippen LogP contribution in [0.2, 0.25) is 0 Å². The molecule has 0 spiro atoms. The number of anilines is 1.